The van der Waals surface area contributed by atoms with Gasteiger partial charge in [0.2, 0.25) is 5.95 Å². The monoisotopic (exact) mass is 302 g/mol. The molecule has 0 saturated heterocycles. The lowest BCUT2D eigenvalue weighted by Gasteiger charge is -2.08. The first-order chi connectivity index (χ1) is 9.86. The second-order valence-electron chi connectivity index (χ2n) is 4.20. The molecule has 0 bridgehead atoms. The number of para-hydroxylation sites is 1. The van der Waals surface area contributed by atoms with Gasteiger partial charge in [0.1, 0.15) is 5.03 Å². The minimum Gasteiger partial charge on any atom is -0.354 e. The smallest absolute Gasteiger partial charge is 0.224 e. The Kier molecular flexibility index (Phi) is 4.13. The zero-order valence-electron chi connectivity index (χ0n) is 11.0. The molecule has 0 radical (unpaired) electrons. The fourth-order valence-corrected chi connectivity index (χ4v) is 3.43. The van der Waals surface area contributed by atoms with Gasteiger partial charge in [0.05, 0.1) is 5.52 Å². The number of aromatic nitrogens is 3. The van der Waals surface area contributed by atoms with Gasteiger partial charge in [-0.05, 0) is 24.2 Å². The number of fused-ring (bicyclic) bond motifs is 1. The van der Waals surface area contributed by atoms with Crippen LogP contribution in [-0.4, -0.2) is 21.5 Å². The molecular weight excluding hydrogens is 288 g/mol. The van der Waals surface area contributed by atoms with Crippen molar-refractivity contribution in [3.8, 4) is 0 Å². The third-order valence-electron chi connectivity index (χ3n) is 2.70. The Balaban J connectivity index is 2.02. The highest BCUT2D eigenvalue weighted by Crippen LogP contribution is 2.33. The molecule has 2 heterocycles. The van der Waals surface area contributed by atoms with Crippen LogP contribution in [0.5, 0.6) is 0 Å². The fourth-order valence-electron chi connectivity index (χ4n) is 1.78. The van der Waals surface area contributed by atoms with E-state index in [4.69, 9.17) is 0 Å². The standard InChI is InChI=1S/C14H14N4S2/c1-2-7-15-13-17-11-6-4-3-5-10(11)12(18-13)20-14-16-8-9-19-14/h3-6,8-9H,2,7H2,1H3,(H,15,17,18). The highest BCUT2D eigenvalue weighted by atomic mass is 32.2. The van der Waals surface area contributed by atoms with E-state index in [0.717, 1.165) is 33.2 Å². The summed E-state index contributed by atoms with van der Waals surface area (Å²) in [5, 5.41) is 7.24. The third kappa shape index (κ3) is 2.91. The minimum absolute atomic E-state index is 0.685. The first-order valence-electron chi connectivity index (χ1n) is 6.45. The van der Waals surface area contributed by atoms with Gasteiger partial charge >= 0.3 is 0 Å². The SMILES string of the molecule is CCCNc1nc(Sc2nccs2)c2ccccc2n1. The molecule has 4 nitrogen and oxygen atoms in total. The molecule has 0 aliphatic heterocycles. The first kappa shape index (κ1) is 13.3. The van der Waals surface area contributed by atoms with Gasteiger partial charge in [0.15, 0.2) is 4.34 Å². The van der Waals surface area contributed by atoms with Gasteiger partial charge in [-0.2, -0.15) is 0 Å². The molecule has 0 fully saturated rings. The predicted octanol–water partition coefficient (Wildman–Crippen LogP) is 4.06. The molecule has 2 aromatic heterocycles. The van der Waals surface area contributed by atoms with Crippen LogP contribution >= 0.6 is 23.1 Å². The molecule has 0 unspecified atom stereocenters. The van der Waals surface area contributed by atoms with Gasteiger partial charge in [0, 0.05) is 23.5 Å². The highest BCUT2D eigenvalue weighted by molar-refractivity contribution is 8.01. The lowest BCUT2D eigenvalue weighted by molar-refractivity contribution is 0.945. The second kappa shape index (κ2) is 6.19. The van der Waals surface area contributed by atoms with Gasteiger partial charge in [-0.15, -0.1) is 11.3 Å². The maximum absolute atomic E-state index is 4.62. The van der Waals surface area contributed by atoms with Gasteiger partial charge in [-0.25, -0.2) is 15.0 Å². The Bertz CT molecular complexity index is 697. The van der Waals surface area contributed by atoms with Crippen molar-refractivity contribution in [1.82, 2.24) is 15.0 Å². The number of hydrogen-bond donors (Lipinski definition) is 1. The zero-order chi connectivity index (χ0) is 13.8. The maximum Gasteiger partial charge on any atom is 0.224 e. The van der Waals surface area contributed by atoms with E-state index in [0.29, 0.717) is 5.95 Å². The molecule has 102 valence electrons. The number of nitrogens with one attached hydrogen (secondary N) is 1. The largest absolute Gasteiger partial charge is 0.354 e. The Morgan fingerprint density at radius 1 is 1.25 bits per heavy atom. The molecule has 0 saturated carbocycles. The normalized spacial score (nSPS) is 10.8. The predicted molar refractivity (Wildman–Crippen MR) is 84.6 cm³/mol. The highest BCUT2D eigenvalue weighted by Gasteiger charge is 2.10. The van der Waals surface area contributed by atoms with Crippen LogP contribution < -0.4 is 5.32 Å². The van der Waals surface area contributed by atoms with Crippen molar-refractivity contribution in [3.63, 3.8) is 0 Å². The molecule has 0 atom stereocenters. The molecule has 0 amide bonds. The summed E-state index contributed by atoms with van der Waals surface area (Å²) in [5.74, 6) is 0.685. The zero-order valence-corrected chi connectivity index (χ0v) is 12.7. The summed E-state index contributed by atoms with van der Waals surface area (Å²) in [5.41, 5.74) is 0.958. The molecule has 0 aliphatic carbocycles. The van der Waals surface area contributed by atoms with Crippen molar-refractivity contribution >= 4 is 39.9 Å². The summed E-state index contributed by atoms with van der Waals surface area (Å²) in [6.45, 7) is 3.00. The number of nitrogens with zero attached hydrogens (tertiary/aromatic N) is 3. The number of rotatable bonds is 5. The Hall–Kier alpha value is -1.66. The van der Waals surface area contributed by atoms with Crippen LogP contribution in [0.4, 0.5) is 5.95 Å². The number of hydrogen-bond acceptors (Lipinski definition) is 6. The summed E-state index contributed by atoms with van der Waals surface area (Å²) in [4.78, 5) is 13.5. The van der Waals surface area contributed by atoms with E-state index in [9.17, 15) is 0 Å². The summed E-state index contributed by atoms with van der Waals surface area (Å²) in [6.07, 6.45) is 2.86. The molecule has 1 N–H and O–H groups in total. The van der Waals surface area contributed by atoms with Crippen LogP contribution in [0.3, 0.4) is 0 Å². The van der Waals surface area contributed by atoms with E-state index < -0.39 is 0 Å². The Labute approximate surface area is 125 Å². The van der Waals surface area contributed by atoms with Crippen molar-refractivity contribution in [2.45, 2.75) is 22.7 Å². The second-order valence-corrected chi connectivity index (χ2v) is 6.33. The van der Waals surface area contributed by atoms with E-state index in [1.54, 1.807) is 23.1 Å². The van der Waals surface area contributed by atoms with Crippen molar-refractivity contribution in [2.24, 2.45) is 0 Å². The lowest BCUT2D eigenvalue weighted by atomic mass is 10.2. The van der Waals surface area contributed by atoms with Crippen molar-refractivity contribution in [3.05, 3.63) is 35.8 Å². The van der Waals surface area contributed by atoms with E-state index in [1.807, 2.05) is 29.8 Å². The average molecular weight is 302 g/mol. The number of benzene rings is 1. The Morgan fingerprint density at radius 2 is 2.15 bits per heavy atom. The summed E-state index contributed by atoms with van der Waals surface area (Å²) in [7, 11) is 0. The average Bonchev–Trinajstić information content (AvgIpc) is 2.98. The van der Waals surface area contributed by atoms with Gasteiger partial charge < -0.3 is 5.32 Å². The summed E-state index contributed by atoms with van der Waals surface area (Å²) in [6, 6.07) is 8.07. The Morgan fingerprint density at radius 3 is 2.95 bits per heavy atom. The van der Waals surface area contributed by atoms with E-state index in [2.05, 4.69) is 33.3 Å². The molecule has 3 rings (SSSR count). The van der Waals surface area contributed by atoms with E-state index >= 15 is 0 Å². The first-order valence-corrected chi connectivity index (χ1v) is 8.14. The minimum atomic E-state index is 0.685. The quantitative estimate of drug-likeness (QED) is 0.720. The van der Waals surface area contributed by atoms with Crippen LogP contribution in [0.1, 0.15) is 13.3 Å². The van der Waals surface area contributed by atoms with Crippen LogP contribution in [0, 0.1) is 0 Å². The van der Waals surface area contributed by atoms with Crippen molar-refractivity contribution in [2.75, 3.05) is 11.9 Å². The van der Waals surface area contributed by atoms with Crippen LogP contribution in [0.25, 0.3) is 10.9 Å². The van der Waals surface area contributed by atoms with E-state index in [-0.39, 0.29) is 0 Å². The summed E-state index contributed by atoms with van der Waals surface area (Å²) >= 11 is 3.21. The fraction of sp³-hybridized carbons (Fsp3) is 0.214. The topological polar surface area (TPSA) is 50.7 Å². The van der Waals surface area contributed by atoms with Gasteiger partial charge in [0.25, 0.3) is 0 Å². The maximum atomic E-state index is 4.62. The van der Waals surface area contributed by atoms with Crippen molar-refractivity contribution in [1.29, 1.82) is 0 Å². The van der Waals surface area contributed by atoms with Crippen LogP contribution in [0.15, 0.2) is 45.2 Å². The summed E-state index contributed by atoms with van der Waals surface area (Å²) < 4.78 is 0.996. The lowest BCUT2D eigenvalue weighted by Crippen LogP contribution is -2.05. The molecule has 1 aromatic carbocycles. The van der Waals surface area contributed by atoms with Crippen LogP contribution in [-0.2, 0) is 0 Å². The molecule has 20 heavy (non-hydrogen) atoms. The van der Waals surface area contributed by atoms with Gasteiger partial charge in [-0.1, -0.05) is 25.1 Å². The molecule has 3 aromatic rings. The van der Waals surface area contributed by atoms with Crippen LogP contribution in [0.2, 0.25) is 0 Å². The molecule has 0 spiro atoms. The molecule has 0 aliphatic rings. The van der Waals surface area contributed by atoms with Gasteiger partial charge in [-0.3, -0.25) is 0 Å². The number of thiazole rings is 1. The number of anilines is 1. The van der Waals surface area contributed by atoms with E-state index in [1.165, 1.54) is 0 Å². The third-order valence-corrected chi connectivity index (χ3v) is 4.58. The molecule has 6 heteroatoms. The van der Waals surface area contributed by atoms with Crippen molar-refractivity contribution < 1.29 is 0 Å². The molecular formula is C14H14N4S2.